The Morgan fingerprint density at radius 2 is 1.57 bits per heavy atom. The van der Waals surface area contributed by atoms with Gasteiger partial charge >= 0.3 is 0 Å². The van der Waals surface area contributed by atoms with E-state index in [1.165, 1.54) is 0 Å². The van der Waals surface area contributed by atoms with Gasteiger partial charge in [-0.3, -0.25) is 0 Å². The Balaban J connectivity index is 1.66. The van der Waals surface area contributed by atoms with Crippen molar-refractivity contribution < 1.29 is 9.47 Å². The van der Waals surface area contributed by atoms with Gasteiger partial charge in [-0.15, -0.1) is 0 Å². The Hall–Kier alpha value is -2.81. The van der Waals surface area contributed by atoms with Crippen LogP contribution in [0.1, 0.15) is 0 Å². The molecule has 1 fully saturated rings. The molecule has 1 aliphatic heterocycles. The lowest BCUT2D eigenvalue weighted by molar-refractivity contribution is 0.122. The predicted octanol–water partition coefficient (Wildman–Crippen LogP) is 4.51. The van der Waals surface area contributed by atoms with Gasteiger partial charge in [0.05, 0.1) is 20.3 Å². The van der Waals surface area contributed by atoms with Gasteiger partial charge in [-0.2, -0.15) is 15.0 Å². The fraction of sp³-hybridized carbons (Fsp3) is 0.250. The number of morpholine rings is 1. The highest BCUT2D eigenvalue weighted by atomic mass is 35.5. The van der Waals surface area contributed by atoms with Gasteiger partial charge in [0.25, 0.3) is 0 Å². The molecule has 1 aliphatic rings. The molecule has 1 aromatic heterocycles. The second kappa shape index (κ2) is 9.34. The minimum Gasteiger partial charge on any atom is -0.497 e. The zero-order chi connectivity index (χ0) is 20.9. The van der Waals surface area contributed by atoms with E-state index in [-0.39, 0.29) is 0 Å². The quantitative estimate of drug-likeness (QED) is 0.571. The van der Waals surface area contributed by atoms with Crippen LogP contribution in [-0.2, 0) is 4.74 Å². The monoisotopic (exact) mass is 446 g/mol. The second-order valence-electron chi connectivity index (χ2n) is 6.52. The lowest BCUT2D eigenvalue weighted by atomic mass is 10.3. The SMILES string of the molecule is COc1cccc(Nc2nc(Nc3cc(Cl)cc(Cl)c3)nc(N3CCOCC3)n2)c1. The fourth-order valence-corrected chi connectivity index (χ4v) is 3.49. The average Bonchev–Trinajstić information content (AvgIpc) is 2.73. The summed E-state index contributed by atoms with van der Waals surface area (Å²) in [7, 11) is 1.62. The fourth-order valence-electron chi connectivity index (χ4n) is 2.97. The topological polar surface area (TPSA) is 84.4 Å². The molecule has 0 bridgehead atoms. The summed E-state index contributed by atoms with van der Waals surface area (Å²) in [6.45, 7) is 2.64. The molecule has 2 aromatic carbocycles. The summed E-state index contributed by atoms with van der Waals surface area (Å²) in [5.41, 5.74) is 1.48. The maximum absolute atomic E-state index is 6.11. The Labute approximate surface area is 184 Å². The molecule has 0 amide bonds. The zero-order valence-corrected chi connectivity index (χ0v) is 17.7. The van der Waals surface area contributed by atoms with E-state index in [4.69, 9.17) is 32.7 Å². The number of aromatic nitrogens is 3. The third-order valence-electron chi connectivity index (χ3n) is 4.36. The molecule has 2 N–H and O–H groups in total. The largest absolute Gasteiger partial charge is 0.497 e. The number of rotatable bonds is 6. The minimum absolute atomic E-state index is 0.371. The second-order valence-corrected chi connectivity index (χ2v) is 7.39. The summed E-state index contributed by atoms with van der Waals surface area (Å²) in [6, 6.07) is 12.7. The Morgan fingerprint density at radius 3 is 2.23 bits per heavy atom. The highest BCUT2D eigenvalue weighted by Gasteiger charge is 2.17. The predicted molar refractivity (Wildman–Crippen MR) is 119 cm³/mol. The van der Waals surface area contributed by atoms with Crippen LogP contribution in [0, 0.1) is 0 Å². The number of methoxy groups -OCH3 is 1. The van der Waals surface area contributed by atoms with E-state index in [0.717, 1.165) is 11.4 Å². The lowest BCUT2D eigenvalue weighted by Crippen LogP contribution is -2.37. The summed E-state index contributed by atoms with van der Waals surface area (Å²) in [5, 5.41) is 7.41. The first-order chi connectivity index (χ1) is 14.6. The van der Waals surface area contributed by atoms with Gasteiger partial charge in [0.2, 0.25) is 17.8 Å². The van der Waals surface area contributed by atoms with E-state index >= 15 is 0 Å². The number of ether oxygens (including phenoxy) is 2. The number of nitrogens with one attached hydrogen (secondary N) is 2. The highest BCUT2D eigenvalue weighted by molar-refractivity contribution is 6.35. The molecule has 0 spiro atoms. The average molecular weight is 447 g/mol. The molecule has 10 heteroatoms. The minimum atomic E-state index is 0.371. The van der Waals surface area contributed by atoms with Crippen LogP contribution in [0.15, 0.2) is 42.5 Å². The molecule has 0 radical (unpaired) electrons. The number of hydrogen-bond donors (Lipinski definition) is 2. The molecule has 0 atom stereocenters. The third kappa shape index (κ3) is 5.21. The van der Waals surface area contributed by atoms with E-state index in [0.29, 0.717) is 59.9 Å². The van der Waals surface area contributed by atoms with E-state index in [2.05, 4.69) is 30.5 Å². The molecule has 30 heavy (non-hydrogen) atoms. The van der Waals surface area contributed by atoms with Crippen molar-refractivity contribution in [2.45, 2.75) is 0 Å². The first kappa shape index (κ1) is 20.5. The van der Waals surface area contributed by atoms with Crippen LogP contribution in [0.25, 0.3) is 0 Å². The van der Waals surface area contributed by atoms with Crippen molar-refractivity contribution in [3.05, 3.63) is 52.5 Å². The van der Waals surface area contributed by atoms with Crippen LogP contribution in [0.5, 0.6) is 5.75 Å². The smallest absolute Gasteiger partial charge is 0.233 e. The van der Waals surface area contributed by atoms with E-state index in [9.17, 15) is 0 Å². The van der Waals surface area contributed by atoms with E-state index in [1.807, 2.05) is 24.3 Å². The van der Waals surface area contributed by atoms with Crippen molar-refractivity contribution in [2.75, 3.05) is 48.9 Å². The molecule has 0 unspecified atom stereocenters. The van der Waals surface area contributed by atoms with Crippen molar-refractivity contribution >= 4 is 52.4 Å². The first-order valence-corrected chi connectivity index (χ1v) is 10.1. The lowest BCUT2D eigenvalue weighted by Gasteiger charge is -2.27. The molecule has 156 valence electrons. The van der Waals surface area contributed by atoms with Crippen LogP contribution in [-0.4, -0.2) is 48.4 Å². The van der Waals surface area contributed by atoms with Gasteiger partial charge in [0.1, 0.15) is 5.75 Å². The van der Waals surface area contributed by atoms with Gasteiger partial charge in [-0.25, -0.2) is 0 Å². The number of hydrogen-bond acceptors (Lipinski definition) is 8. The Kier molecular flexibility index (Phi) is 6.37. The summed E-state index contributed by atoms with van der Waals surface area (Å²) < 4.78 is 10.7. The molecule has 8 nitrogen and oxygen atoms in total. The van der Waals surface area contributed by atoms with E-state index < -0.39 is 0 Å². The molecule has 3 aromatic rings. The number of nitrogens with zero attached hydrogens (tertiary/aromatic N) is 4. The van der Waals surface area contributed by atoms with Crippen molar-refractivity contribution in [3.63, 3.8) is 0 Å². The summed E-state index contributed by atoms with van der Waals surface area (Å²) in [6.07, 6.45) is 0. The summed E-state index contributed by atoms with van der Waals surface area (Å²) in [4.78, 5) is 15.7. The third-order valence-corrected chi connectivity index (χ3v) is 4.80. The van der Waals surface area contributed by atoms with Gasteiger partial charge in [-0.05, 0) is 30.3 Å². The Bertz CT molecular complexity index is 1010. The Morgan fingerprint density at radius 1 is 0.900 bits per heavy atom. The number of benzene rings is 2. The van der Waals surface area contributed by atoms with Crippen molar-refractivity contribution in [2.24, 2.45) is 0 Å². The number of anilines is 5. The molecular formula is C20H20Cl2N6O2. The van der Waals surface area contributed by atoms with Crippen LogP contribution >= 0.6 is 23.2 Å². The summed E-state index contributed by atoms with van der Waals surface area (Å²) in [5.74, 6) is 2.05. The van der Waals surface area contributed by atoms with Crippen molar-refractivity contribution in [1.29, 1.82) is 0 Å². The maximum Gasteiger partial charge on any atom is 0.233 e. The van der Waals surface area contributed by atoms with E-state index in [1.54, 1.807) is 25.3 Å². The maximum atomic E-state index is 6.11. The highest BCUT2D eigenvalue weighted by Crippen LogP contribution is 2.26. The van der Waals surface area contributed by atoms with Crippen LogP contribution in [0.2, 0.25) is 10.0 Å². The van der Waals surface area contributed by atoms with Gasteiger partial charge < -0.3 is 25.0 Å². The van der Waals surface area contributed by atoms with Crippen molar-refractivity contribution in [3.8, 4) is 5.75 Å². The molecule has 0 saturated carbocycles. The molecule has 4 rings (SSSR count). The van der Waals surface area contributed by atoms with Gasteiger partial charge in [0, 0.05) is 40.6 Å². The van der Waals surface area contributed by atoms with Crippen molar-refractivity contribution in [1.82, 2.24) is 15.0 Å². The standard InChI is InChI=1S/C20H20Cl2N6O2/c1-29-17-4-2-3-15(12-17)23-18-25-19(24-16-10-13(21)9-14(22)11-16)27-20(26-18)28-5-7-30-8-6-28/h2-4,9-12H,5-8H2,1H3,(H2,23,24,25,26,27). The van der Waals surface area contributed by atoms with Gasteiger partial charge in [0.15, 0.2) is 0 Å². The van der Waals surface area contributed by atoms with Gasteiger partial charge in [-0.1, -0.05) is 29.3 Å². The molecule has 2 heterocycles. The first-order valence-electron chi connectivity index (χ1n) is 9.32. The number of halogens is 2. The normalized spacial score (nSPS) is 13.8. The molecule has 1 saturated heterocycles. The van der Waals surface area contributed by atoms with Crippen LogP contribution < -0.4 is 20.3 Å². The van der Waals surface area contributed by atoms with Crippen LogP contribution in [0.3, 0.4) is 0 Å². The van der Waals surface area contributed by atoms with Crippen LogP contribution in [0.4, 0.5) is 29.2 Å². The zero-order valence-electron chi connectivity index (χ0n) is 16.2. The molecule has 0 aliphatic carbocycles. The summed E-state index contributed by atoms with van der Waals surface area (Å²) >= 11 is 12.2. The molecular weight excluding hydrogens is 427 g/mol.